The number of nitrogens with one attached hydrogen (secondary N) is 3. The van der Waals surface area contributed by atoms with E-state index in [9.17, 15) is 24.3 Å². The van der Waals surface area contributed by atoms with Crippen molar-refractivity contribution in [3.05, 3.63) is 36.0 Å². The SMILES string of the molecule is CC(C)(C)OC(=O)CC[C@H](NC(=O)OC(C)(C)C)C(=O)NCC(=O)N/C=C/c1ccc(O)cc1. The predicted molar refractivity (Wildman–Crippen MR) is 127 cm³/mol. The van der Waals surface area contributed by atoms with E-state index in [0.717, 1.165) is 5.56 Å². The van der Waals surface area contributed by atoms with E-state index in [4.69, 9.17) is 9.47 Å². The summed E-state index contributed by atoms with van der Waals surface area (Å²) in [4.78, 5) is 48.8. The van der Waals surface area contributed by atoms with Gasteiger partial charge in [-0.3, -0.25) is 14.4 Å². The summed E-state index contributed by atoms with van der Waals surface area (Å²) in [6.07, 6.45) is 2.04. The molecule has 0 saturated carbocycles. The van der Waals surface area contributed by atoms with Crippen molar-refractivity contribution in [3.63, 3.8) is 0 Å². The third kappa shape index (κ3) is 13.1. The minimum absolute atomic E-state index is 0.0393. The Hall–Kier alpha value is -3.56. The van der Waals surface area contributed by atoms with Gasteiger partial charge in [-0.15, -0.1) is 0 Å². The minimum atomic E-state index is -1.11. The van der Waals surface area contributed by atoms with Crippen molar-refractivity contribution in [2.24, 2.45) is 0 Å². The third-order valence-corrected chi connectivity index (χ3v) is 3.90. The van der Waals surface area contributed by atoms with Crippen LogP contribution in [-0.2, 0) is 23.9 Å². The average molecular weight is 478 g/mol. The van der Waals surface area contributed by atoms with Crippen molar-refractivity contribution in [2.45, 2.75) is 71.6 Å². The van der Waals surface area contributed by atoms with E-state index in [-0.39, 0.29) is 25.1 Å². The van der Waals surface area contributed by atoms with Gasteiger partial charge in [-0.1, -0.05) is 12.1 Å². The number of ether oxygens (including phenoxy) is 2. The van der Waals surface area contributed by atoms with Crippen LogP contribution in [0.25, 0.3) is 6.08 Å². The van der Waals surface area contributed by atoms with E-state index in [1.165, 1.54) is 18.3 Å². The van der Waals surface area contributed by atoms with Gasteiger partial charge in [0.05, 0.1) is 6.54 Å². The van der Waals surface area contributed by atoms with E-state index < -0.39 is 41.1 Å². The summed E-state index contributed by atoms with van der Waals surface area (Å²) in [6, 6.07) is 5.24. The fraction of sp³-hybridized carbons (Fsp3) is 0.500. The first-order chi connectivity index (χ1) is 15.6. The monoisotopic (exact) mass is 477 g/mol. The van der Waals surface area contributed by atoms with Crippen LogP contribution in [0.3, 0.4) is 0 Å². The highest BCUT2D eigenvalue weighted by atomic mass is 16.6. The number of benzene rings is 1. The second-order valence-corrected chi connectivity index (χ2v) is 9.53. The van der Waals surface area contributed by atoms with Crippen molar-refractivity contribution >= 4 is 30.0 Å². The average Bonchev–Trinajstić information content (AvgIpc) is 2.68. The zero-order valence-electron chi connectivity index (χ0n) is 20.6. The molecule has 0 unspecified atom stereocenters. The van der Waals surface area contributed by atoms with Gasteiger partial charge in [-0.2, -0.15) is 0 Å². The Labute approximate surface area is 200 Å². The van der Waals surface area contributed by atoms with E-state index in [0.29, 0.717) is 0 Å². The number of rotatable bonds is 9. The van der Waals surface area contributed by atoms with Gasteiger partial charge >= 0.3 is 12.1 Å². The van der Waals surface area contributed by atoms with Crippen LogP contribution in [0.1, 0.15) is 59.9 Å². The van der Waals surface area contributed by atoms with Crippen molar-refractivity contribution < 1.29 is 33.8 Å². The summed E-state index contributed by atoms with van der Waals surface area (Å²) >= 11 is 0. The first-order valence-electron chi connectivity index (χ1n) is 10.9. The number of alkyl carbamates (subject to hydrolysis) is 1. The Balaban J connectivity index is 2.65. The Bertz CT molecular complexity index is 881. The molecule has 1 rings (SSSR count). The van der Waals surface area contributed by atoms with Crippen LogP contribution in [0, 0.1) is 0 Å². The lowest BCUT2D eigenvalue weighted by Gasteiger charge is -2.24. The number of phenols is 1. The molecule has 0 saturated heterocycles. The van der Waals surface area contributed by atoms with Crippen molar-refractivity contribution in [3.8, 4) is 5.75 Å². The van der Waals surface area contributed by atoms with Gasteiger partial charge in [0.1, 0.15) is 23.0 Å². The van der Waals surface area contributed by atoms with Gasteiger partial charge in [0.2, 0.25) is 11.8 Å². The Kier molecular flexibility index (Phi) is 10.6. The number of hydrogen-bond donors (Lipinski definition) is 4. The Morgan fingerprint density at radius 3 is 2.12 bits per heavy atom. The first-order valence-corrected chi connectivity index (χ1v) is 10.9. The van der Waals surface area contributed by atoms with E-state index in [1.54, 1.807) is 59.8 Å². The third-order valence-electron chi connectivity index (χ3n) is 3.90. The molecule has 1 aromatic carbocycles. The normalized spacial score (nSPS) is 12.5. The number of amides is 3. The molecule has 34 heavy (non-hydrogen) atoms. The molecule has 0 heterocycles. The summed E-state index contributed by atoms with van der Waals surface area (Å²) in [6.45, 7) is 9.86. The van der Waals surface area contributed by atoms with Gasteiger partial charge in [0.15, 0.2) is 0 Å². The van der Waals surface area contributed by atoms with Gasteiger partial charge in [0.25, 0.3) is 0 Å². The Morgan fingerprint density at radius 2 is 1.56 bits per heavy atom. The van der Waals surface area contributed by atoms with Crippen LogP contribution in [0.15, 0.2) is 30.5 Å². The lowest BCUT2D eigenvalue weighted by molar-refractivity contribution is -0.155. The molecular formula is C24H35N3O7. The molecular weight excluding hydrogens is 442 g/mol. The first kappa shape index (κ1) is 28.5. The largest absolute Gasteiger partial charge is 0.508 e. The molecule has 10 heteroatoms. The number of hydrogen-bond acceptors (Lipinski definition) is 7. The summed E-state index contributed by atoms with van der Waals surface area (Å²) in [5.41, 5.74) is -0.704. The molecule has 0 aromatic heterocycles. The maximum Gasteiger partial charge on any atom is 0.408 e. The van der Waals surface area contributed by atoms with Crippen LogP contribution in [-0.4, -0.2) is 52.8 Å². The summed E-state index contributed by atoms with van der Waals surface area (Å²) in [5, 5.41) is 16.7. The molecule has 0 spiro atoms. The van der Waals surface area contributed by atoms with Crippen molar-refractivity contribution in [1.29, 1.82) is 0 Å². The van der Waals surface area contributed by atoms with Gasteiger partial charge in [0, 0.05) is 12.6 Å². The highest BCUT2D eigenvalue weighted by Crippen LogP contribution is 2.12. The quantitative estimate of drug-likeness (QED) is 0.400. The summed E-state index contributed by atoms with van der Waals surface area (Å²) in [7, 11) is 0. The fourth-order valence-corrected chi connectivity index (χ4v) is 2.53. The molecule has 1 aromatic rings. The molecule has 1 atom stereocenters. The molecule has 0 aliphatic rings. The number of esters is 1. The summed E-state index contributed by atoms with van der Waals surface area (Å²) in [5.74, 6) is -1.53. The number of aromatic hydroxyl groups is 1. The lowest BCUT2D eigenvalue weighted by atomic mass is 10.1. The molecule has 188 valence electrons. The van der Waals surface area contributed by atoms with Crippen molar-refractivity contribution in [2.75, 3.05) is 6.54 Å². The maximum atomic E-state index is 12.6. The zero-order valence-corrected chi connectivity index (χ0v) is 20.6. The van der Waals surface area contributed by atoms with Crippen LogP contribution < -0.4 is 16.0 Å². The standard InChI is InChI=1S/C24H35N3O7/c1-23(2,3)33-20(30)12-11-18(27-22(32)34-24(4,5)6)21(31)26-15-19(29)25-14-13-16-7-9-17(28)10-8-16/h7-10,13-14,18,28H,11-12,15H2,1-6H3,(H,25,29)(H,26,31)(H,27,32)/b14-13+/t18-/m0/s1. The van der Waals surface area contributed by atoms with Crippen LogP contribution in [0.2, 0.25) is 0 Å². The van der Waals surface area contributed by atoms with E-state index >= 15 is 0 Å². The smallest absolute Gasteiger partial charge is 0.408 e. The number of carbonyl (C=O) groups excluding carboxylic acids is 4. The molecule has 3 amide bonds. The molecule has 0 aliphatic carbocycles. The molecule has 0 aliphatic heterocycles. The second kappa shape index (κ2) is 12.6. The van der Waals surface area contributed by atoms with Crippen LogP contribution >= 0.6 is 0 Å². The molecule has 4 N–H and O–H groups in total. The van der Waals surface area contributed by atoms with E-state index in [1.807, 2.05) is 0 Å². The van der Waals surface area contributed by atoms with Gasteiger partial charge < -0.3 is 30.5 Å². The van der Waals surface area contributed by atoms with Crippen molar-refractivity contribution in [1.82, 2.24) is 16.0 Å². The van der Waals surface area contributed by atoms with E-state index in [2.05, 4.69) is 16.0 Å². The van der Waals surface area contributed by atoms with Gasteiger partial charge in [-0.05, 0) is 71.7 Å². The number of carbonyl (C=O) groups is 4. The minimum Gasteiger partial charge on any atom is -0.508 e. The molecule has 10 nitrogen and oxygen atoms in total. The fourth-order valence-electron chi connectivity index (χ4n) is 2.53. The topological polar surface area (TPSA) is 143 Å². The van der Waals surface area contributed by atoms with Crippen LogP contribution in [0.4, 0.5) is 4.79 Å². The summed E-state index contributed by atoms with van der Waals surface area (Å²) < 4.78 is 10.4. The predicted octanol–water partition coefficient (Wildman–Crippen LogP) is 2.61. The molecule has 0 bridgehead atoms. The molecule has 0 fully saturated rings. The zero-order chi connectivity index (χ0) is 25.9. The number of phenolic OH excluding ortho intramolecular Hbond substituents is 1. The van der Waals surface area contributed by atoms with Gasteiger partial charge in [-0.25, -0.2) is 4.79 Å². The Morgan fingerprint density at radius 1 is 0.971 bits per heavy atom. The lowest BCUT2D eigenvalue weighted by Crippen LogP contribution is -2.50. The molecule has 0 radical (unpaired) electrons. The highest BCUT2D eigenvalue weighted by Gasteiger charge is 2.26. The highest BCUT2D eigenvalue weighted by molar-refractivity contribution is 5.90. The second-order valence-electron chi connectivity index (χ2n) is 9.53. The maximum absolute atomic E-state index is 12.6. The van der Waals surface area contributed by atoms with Crippen LogP contribution in [0.5, 0.6) is 5.75 Å².